The minimum Gasteiger partial charge on any atom is -0.497 e. The molecule has 4 heterocycles. The van der Waals surface area contributed by atoms with Crippen molar-refractivity contribution in [2.45, 2.75) is 159 Å². The first-order valence-corrected chi connectivity index (χ1v) is 26.5. The van der Waals surface area contributed by atoms with E-state index in [9.17, 15) is 27.6 Å². The molecule has 0 unspecified atom stereocenters. The van der Waals surface area contributed by atoms with Crippen molar-refractivity contribution in [2.24, 2.45) is 11.8 Å². The smallest absolute Gasteiger partial charge is 0.408 e. The molecule has 2 aromatic heterocycles. The van der Waals surface area contributed by atoms with Crippen LogP contribution in [-0.4, -0.2) is 102 Å². The van der Waals surface area contributed by atoms with Crippen LogP contribution in [0, 0.1) is 11.8 Å². The van der Waals surface area contributed by atoms with Crippen LogP contribution in [0.5, 0.6) is 11.5 Å². The Morgan fingerprint density at radius 3 is 2.48 bits per heavy atom. The number of pyridine rings is 1. The third-order valence-corrected chi connectivity index (χ3v) is 15.8. The summed E-state index contributed by atoms with van der Waals surface area (Å²) in [6.07, 6.45) is 14.9. The van der Waals surface area contributed by atoms with Gasteiger partial charge in [0, 0.05) is 41.3 Å². The number of amides is 4. The van der Waals surface area contributed by atoms with E-state index in [1.807, 2.05) is 49.6 Å². The molecule has 16 nitrogen and oxygen atoms in total. The fourth-order valence-electron chi connectivity index (χ4n) is 10.00. The summed E-state index contributed by atoms with van der Waals surface area (Å²) in [4.78, 5) is 68.4. The molecule has 0 bridgehead atoms. The summed E-state index contributed by atoms with van der Waals surface area (Å²) >= 11 is 1.46. The van der Waals surface area contributed by atoms with E-state index in [0.717, 1.165) is 75.8 Å². The van der Waals surface area contributed by atoms with E-state index in [0.29, 0.717) is 65.4 Å². The zero-order valence-corrected chi connectivity index (χ0v) is 40.0. The fraction of sp³-hybridized carbons (Fsp3) is 0.625. The van der Waals surface area contributed by atoms with Gasteiger partial charge in [0.2, 0.25) is 21.8 Å². The van der Waals surface area contributed by atoms with Crippen LogP contribution in [0.25, 0.3) is 22.3 Å². The molecular weight excluding hydrogens is 883 g/mol. The molecule has 3 aromatic rings. The average Bonchev–Trinajstić information content (AvgIpc) is 3.72. The highest BCUT2D eigenvalue weighted by Gasteiger charge is 2.61. The maximum absolute atomic E-state index is 14.9. The second-order valence-electron chi connectivity index (χ2n) is 19.1. The SMILES string of the molecule is COc1ccc2c(O[C@@H]3C[C@H]4C(=O)N[C@]5(C(=O)NS(=O)(=O)CCC6CCCCC6)C[C@H]5/C=C\CCCCC[C@H](NC(=O)OC5CCCC5)C(=O)N4C3)cc(-c3csc(NC(C)C)n3)nc2c1. The number of ether oxygens (including phenoxy) is 3. The second-order valence-corrected chi connectivity index (χ2v) is 21.8. The molecule has 1 aromatic carbocycles. The number of aromatic nitrogens is 2. The average molecular weight is 948 g/mol. The van der Waals surface area contributed by atoms with Crippen LogP contribution in [0.4, 0.5) is 9.93 Å². The van der Waals surface area contributed by atoms with E-state index in [1.54, 1.807) is 13.2 Å². The third-order valence-electron chi connectivity index (χ3n) is 13.7. The first-order valence-electron chi connectivity index (χ1n) is 24.0. The van der Waals surface area contributed by atoms with E-state index < -0.39 is 63.5 Å². The van der Waals surface area contributed by atoms with Gasteiger partial charge >= 0.3 is 6.09 Å². The topological polar surface area (TPSA) is 207 Å². The molecule has 0 radical (unpaired) electrons. The lowest BCUT2D eigenvalue weighted by atomic mass is 9.88. The van der Waals surface area contributed by atoms with E-state index in [1.165, 1.54) is 16.2 Å². The largest absolute Gasteiger partial charge is 0.497 e. The number of hydrogen-bond acceptors (Lipinski definition) is 13. The highest BCUT2D eigenvalue weighted by Crippen LogP contribution is 2.46. The van der Waals surface area contributed by atoms with Gasteiger partial charge < -0.3 is 35.1 Å². The number of methoxy groups -OCH3 is 1. The van der Waals surface area contributed by atoms with Gasteiger partial charge in [-0.15, -0.1) is 11.3 Å². The first-order chi connectivity index (χ1) is 31.8. The van der Waals surface area contributed by atoms with Gasteiger partial charge in [-0.25, -0.2) is 23.2 Å². The van der Waals surface area contributed by atoms with Gasteiger partial charge in [-0.05, 0) is 89.7 Å². The standard InChI is InChI=1S/C48H65N7O9S2/c1-30(2)49-46-51-40(29-65-46)39-26-42(36-21-20-34(62-3)24-38(36)50-39)63-35-25-41-43(56)53-48(45(58)54-66(60,61)23-22-31-14-8-7-9-15-31)27-32(48)16-10-5-4-6-11-19-37(44(57)55(41)28-35)52-47(59)64-33-17-12-13-18-33/h10,16,20-21,24,26,29-33,35,37,41H,4-9,11-15,17-19,22-23,25,27-28H2,1-3H3,(H,49,51)(H,52,59)(H,53,56)(H,54,58)/b16-10-/t32-,35-,37+,41+,48-/m1/s1. The van der Waals surface area contributed by atoms with Crippen molar-refractivity contribution < 1.29 is 41.8 Å². The molecule has 0 spiro atoms. The number of sulfonamides is 1. The van der Waals surface area contributed by atoms with Crippen LogP contribution in [0.15, 0.2) is 41.8 Å². The Hall–Kier alpha value is -4.97. The Balaban J connectivity index is 1.09. The van der Waals surface area contributed by atoms with Crippen molar-refractivity contribution in [3.8, 4) is 22.9 Å². The Morgan fingerprint density at radius 2 is 1.71 bits per heavy atom. The lowest BCUT2D eigenvalue weighted by molar-refractivity contribution is -0.141. The second kappa shape index (κ2) is 20.9. The summed E-state index contributed by atoms with van der Waals surface area (Å²) in [5.41, 5.74) is 0.250. The van der Waals surface area contributed by atoms with E-state index >= 15 is 0 Å². The van der Waals surface area contributed by atoms with Crippen molar-refractivity contribution in [1.29, 1.82) is 0 Å². The van der Waals surface area contributed by atoms with Gasteiger partial charge in [0.15, 0.2) is 5.13 Å². The van der Waals surface area contributed by atoms with Crippen LogP contribution in [0.1, 0.15) is 123 Å². The number of carbonyl (C=O) groups is 4. The maximum atomic E-state index is 14.9. The molecule has 18 heteroatoms. The predicted molar refractivity (Wildman–Crippen MR) is 253 cm³/mol. The van der Waals surface area contributed by atoms with Gasteiger partial charge in [-0.2, -0.15) is 0 Å². The van der Waals surface area contributed by atoms with Crippen molar-refractivity contribution in [3.63, 3.8) is 0 Å². The lowest BCUT2D eigenvalue weighted by Crippen LogP contribution is -2.58. The van der Waals surface area contributed by atoms with Gasteiger partial charge in [0.1, 0.15) is 47.0 Å². The number of carbonyl (C=O) groups excluding carboxylic acids is 4. The minimum atomic E-state index is -4.00. The molecular formula is C48H65N7O9S2. The van der Waals surface area contributed by atoms with Crippen LogP contribution in [0.3, 0.4) is 0 Å². The summed E-state index contributed by atoms with van der Waals surface area (Å²) in [5, 5.41) is 12.5. The number of benzene rings is 1. The minimum absolute atomic E-state index is 0.0146. The van der Waals surface area contributed by atoms with Gasteiger partial charge in [0.25, 0.3) is 5.91 Å². The molecule has 2 aliphatic heterocycles. The molecule has 8 rings (SSSR count). The molecule has 5 atom stereocenters. The molecule has 4 amide bonds. The summed E-state index contributed by atoms with van der Waals surface area (Å²) in [6, 6.07) is 5.32. The number of rotatable bonds is 13. The number of fused-ring (bicyclic) bond motifs is 3. The van der Waals surface area contributed by atoms with Crippen molar-refractivity contribution >= 4 is 61.2 Å². The van der Waals surface area contributed by atoms with Crippen LogP contribution in [0.2, 0.25) is 0 Å². The number of allylic oxidation sites excluding steroid dienone is 1. The Labute approximate surface area is 391 Å². The summed E-state index contributed by atoms with van der Waals surface area (Å²) in [5.74, 6) is -1.12. The number of anilines is 1. The fourth-order valence-corrected chi connectivity index (χ4v) is 12.1. The molecule has 3 aliphatic carbocycles. The monoisotopic (exact) mass is 947 g/mol. The first kappa shape index (κ1) is 47.5. The molecule has 4 fully saturated rings. The van der Waals surface area contributed by atoms with E-state index in [-0.39, 0.29) is 37.3 Å². The van der Waals surface area contributed by atoms with Gasteiger partial charge in [-0.3, -0.25) is 19.1 Å². The summed E-state index contributed by atoms with van der Waals surface area (Å²) < 4.78 is 47.3. The Kier molecular flexibility index (Phi) is 15.1. The predicted octanol–water partition coefficient (Wildman–Crippen LogP) is 7.38. The number of nitrogens with one attached hydrogen (secondary N) is 4. The molecule has 66 heavy (non-hydrogen) atoms. The van der Waals surface area contributed by atoms with E-state index in [2.05, 4.69) is 20.7 Å². The van der Waals surface area contributed by atoms with Crippen LogP contribution >= 0.6 is 11.3 Å². The van der Waals surface area contributed by atoms with Crippen LogP contribution in [-0.2, 0) is 29.1 Å². The van der Waals surface area contributed by atoms with E-state index in [4.69, 9.17) is 24.2 Å². The van der Waals surface area contributed by atoms with Gasteiger partial charge in [0.05, 0.1) is 30.6 Å². The van der Waals surface area contributed by atoms with Gasteiger partial charge in [-0.1, -0.05) is 57.1 Å². The lowest BCUT2D eigenvalue weighted by Gasteiger charge is -2.30. The normalized spacial score (nSPS) is 26.1. The Bertz CT molecular complexity index is 2380. The molecule has 5 aliphatic rings. The van der Waals surface area contributed by atoms with Crippen LogP contribution < -0.4 is 30.1 Å². The number of thiazole rings is 1. The van der Waals surface area contributed by atoms with Crippen molar-refractivity contribution in [3.05, 3.63) is 41.8 Å². The highest BCUT2D eigenvalue weighted by molar-refractivity contribution is 7.90. The molecule has 358 valence electrons. The number of nitrogens with zero attached hydrogens (tertiary/aromatic N) is 3. The summed E-state index contributed by atoms with van der Waals surface area (Å²) in [7, 11) is -2.42. The molecule has 1 saturated heterocycles. The Morgan fingerprint density at radius 1 is 0.955 bits per heavy atom. The highest BCUT2D eigenvalue weighted by atomic mass is 32.2. The zero-order chi connectivity index (χ0) is 46.4. The summed E-state index contributed by atoms with van der Waals surface area (Å²) in [6.45, 7) is 4.06. The zero-order valence-electron chi connectivity index (χ0n) is 38.4. The molecule has 4 N–H and O–H groups in total. The van der Waals surface area contributed by atoms with Crippen molar-refractivity contribution in [2.75, 3.05) is 24.7 Å². The quantitative estimate of drug-likeness (QED) is 0.124. The number of hydrogen-bond donors (Lipinski definition) is 4. The van der Waals surface area contributed by atoms with Crippen molar-refractivity contribution in [1.82, 2.24) is 30.2 Å². The maximum Gasteiger partial charge on any atom is 0.408 e. The third kappa shape index (κ3) is 11.6. The number of alkyl carbamates (subject to hydrolysis) is 1. The molecule has 3 saturated carbocycles.